The van der Waals surface area contributed by atoms with Crippen LogP contribution in [0.2, 0.25) is 0 Å². The molecule has 1 heterocycles. The Morgan fingerprint density at radius 1 is 0.952 bits per heavy atom. The maximum atomic E-state index is 10.9. The van der Waals surface area contributed by atoms with Gasteiger partial charge in [0.25, 0.3) is 5.08 Å². The van der Waals surface area contributed by atoms with Crippen LogP contribution in [0.15, 0.2) is 18.7 Å². The van der Waals surface area contributed by atoms with Crippen molar-refractivity contribution >= 4 is 23.0 Å². The number of rotatable bonds is 4. The van der Waals surface area contributed by atoms with Crippen LogP contribution < -0.4 is 0 Å². The molecule has 0 unspecified atom stereocenters. The second-order valence-electron chi connectivity index (χ2n) is 3.61. The fourth-order valence-corrected chi connectivity index (χ4v) is 3.03. The van der Waals surface area contributed by atoms with Gasteiger partial charge in [-0.05, 0) is 0 Å². The number of aliphatic hydroxyl groups is 1. The largest absolute Gasteiger partial charge is 0.466 e. The first-order chi connectivity index (χ1) is 9.08. The first-order valence-corrected chi connectivity index (χ1v) is 9.44. The first-order valence-electron chi connectivity index (χ1n) is 4.65. The van der Waals surface area contributed by atoms with Crippen LogP contribution in [0.3, 0.4) is 0 Å². The molecule has 16 heteroatoms. The van der Waals surface area contributed by atoms with E-state index in [0.29, 0.717) is 0 Å². The Balaban J connectivity index is 0.000000690. The highest BCUT2D eigenvalue weighted by atomic mass is 31.2. The van der Waals surface area contributed by atoms with Gasteiger partial charge in [0.05, 0.1) is 12.9 Å². The van der Waals surface area contributed by atoms with Gasteiger partial charge in [-0.2, -0.15) is 0 Å². The van der Waals surface area contributed by atoms with Gasteiger partial charge < -0.3 is 43.9 Å². The third-order valence-electron chi connectivity index (χ3n) is 1.89. The van der Waals surface area contributed by atoms with Crippen LogP contribution in [0.25, 0.3) is 0 Å². The van der Waals surface area contributed by atoms with Crippen molar-refractivity contribution in [3.05, 3.63) is 18.7 Å². The number of imidazole rings is 1. The molecular formula is C5H13N2O11P3. The molecule has 0 aliphatic heterocycles. The number of aromatic nitrogens is 2. The third-order valence-corrected chi connectivity index (χ3v) is 5.60. The summed E-state index contributed by atoms with van der Waals surface area (Å²) in [4.78, 5) is 60.3. The molecule has 0 aliphatic rings. The summed E-state index contributed by atoms with van der Waals surface area (Å²) in [7, 11) is -15.5. The Morgan fingerprint density at radius 2 is 1.33 bits per heavy atom. The van der Waals surface area contributed by atoms with E-state index in [2.05, 4.69) is 4.98 Å². The topological polar surface area (TPSA) is 231 Å². The molecule has 8 N–H and O–H groups in total. The minimum Gasteiger partial charge on any atom is -0.366 e. The normalized spacial score (nSPS) is 13.5. The quantitative estimate of drug-likeness (QED) is 0.268. The molecule has 21 heavy (non-hydrogen) atoms. The van der Waals surface area contributed by atoms with Crippen molar-refractivity contribution in [2.75, 3.05) is 0 Å². The molecule has 0 radical (unpaired) electrons. The first kappa shape index (κ1) is 20.6. The van der Waals surface area contributed by atoms with Gasteiger partial charge in [0, 0.05) is 12.4 Å². The van der Waals surface area contributed by atoms with E-state index in [4.69, 9.17) is 38.8 Å². The van der Waals surface area contributed by atoms with Gasteiger partial charge in [-0.15, -0.1) is 0 Å². The lowest BCUT2D eigenvalue weighted by molar-refractivity contribution is 0.115. The second-order valence-corrected chi connectivity index (χ2v) is 8.65. The van der Waals surface area contributed by atoms with Crippen molar-refractivity contribution in [1.29, 1.82) is 0 Å². The molecule has 1 aromatic heterocycles. The average Bonchev–Trinajstić information content (AvgIpc) is 2.63. The van der Waals surface area contributed by atoms with E-state index in [0.717, 1.165) is 10.9 Å². The molecular weight excluding hydrogens is 357 g/mol. The summed E-state index contributed by atoms with van der Waals surface area (Å²) >= 11 is 0. The Bertz CT molecular complexity index is 551. The number of nitrogens with zero attached hydrogens (tertiary/aromatic N) is 2. The number of hydrogen-bond donors (Lipinski definition) is 8. The maximum absolute atomic E-state index is 10.9. The lowest BCUT2D eigenvalue weighted by Gasteiger charge is -2.29. The summed E-state index contributed by atoms with van der Waals surface area (Å²) in [5.41, 5.74) is 0. The minimum atomic E-state index is -5.41. The van der Waals surface area contributed by atoms with Crippen LogP contribution in [0.5, 0.6) is 0 Å². The van der Waals surface area contributed by atoms with Gasteiger partial charge in [-0.1, -0.05) is 0 Å². The highest BCUT2D eigenvalue weighted by Gasteiger charge is 2.59. The van der Waals surface area contributed by atoms with Crippen LogP contribution >= 0.6 is 23.0 Å². The fraction of sp³-hybridized carbons (Fsp3) is 0.400. The number of phosphoric acid groups is 1. The van der Waals surface area contributed by atoms with Crippen molar-refractivity contribution in [2.45, 2.75) is 11.6 Å². The predicted octanol–water partition coefficient (Wildman–Crippen LogP) is -2.04. The van der Waals surface area contributed by atoms with Gasteiger partial charge in [0.15, 0.2) is 0 Å². The summed E-state index contributed by atoms with van der Waals surface area (Å²) in [5.74, 6) is 0. The fourth-order valence-electron chi connectivity index (χ4n) is 0.979. The van der Waals surface area contributed by atoms with Crippen LogP contribution in [0.4, 0.5) is 0 Å². The molecule has 1 rings (SSSR count). The standard InChI is InChI=1S/C5H10N2O7P2.H3O4P/c8-5(15(9,10)11,16(12,13)14)3-7-2-1-6-4-7;1-5(2,3)4/h1-2,4,8H,3H2,(H2,9,10,11)(H2,12,13,14);(H3,1,2,3,4). The molecule has 0 spiro atoms. The van der Waals surface area contributed by atoms with E-state index in [1.807, 2.05) is 0 Å². The Labute approximate surface area is 117 Å². The molecule has 0 bridgehead atoms. The SMILES string of the molecule is O=P(O)(O)C(O)(Cn1ccnc1)P(=O)(O)O.O=P(O)(O)O. The van der Waals surface area contributed by atoms with Gasteiger partial charge in [-0.3, -0.25) is 9.13 Å². The van der Waals surface area contributed by atoms with Gasteiger partial charge in [0.2, 0.25) is 0 Å². The monoisotopic (exact) mass is 370 g/mol. The van der Waals surface area contributed by atoms with E-state index in [1.54, 1.807) is 0 Å². The van der Waals surface area contributed by atoms with Gasteiger partial charge >= 0.3 is 23.0 Å². The molecule has 0 aliphatic carbocycles. The molecule has 0 atom stereocenters. The van der Waals surface area contributed by atoms with E-state index in [1.165, 1.54) is 12.4 Å². The summed E-state index contributed by atoms with van der Waals surface area (Å²) in [6.45, 7) is -0.957. The van der Waals surface area contributed by atoms with Gasteiger partial charge in [0.1, 0.15) is 0 Å². The summed E-state index contributed by atoms with van der Waals surface area (Å²) in [6, 6.07) is 0. The summed E-state index contributed by atoms with van der Waals surface area (Å²) in [6.07, 6.45) is 3.51. The lowest BCUT2D eigenvalue weighted by Crippen LogP contribution is -2.33. The molecule has 124 valence electrons. The van der Waals surface area contributed by atoms with Crippen molar-refractivity contribution in [2.24, 2.45) is 0 Å². The minimum absolute atomic E-state index is 0.957. The molecule has 0 aromatic carbocycles. The van der Waals surface area contributed by atoms with Crippen molar-refractivity contribution < 1.29 is 53.1 Å². The molecule has 0 fully saturated rings. The second kappa shape index (κ2) is 6.78. The highest BCUT2D eigenvalue weighted by Crippen LogP contribution is 2.67. The van der Waals surface area contributed by atoms with Crippen LogP contribution in [0, 0.1) is 0 Å². The van der Waals surface area contributed by atoms with Crippen LogP contribution in [0.1, 0.15) is 0 Å². The van der Waals surface area contributed by atoms with E-state index >= 15 is 0 Å². The van der Waals surface area contributed by atoms with Crippen LogP contribution in [-0.4, -0.2) is 54.0 Å². The van der Waals surface area contributed by atoms with Gasteiger partial charge in [-0.25, -0.2) is 9.55 Å². The van der Waals surface area contributed by atoms with Crippen LogP contribution in [-0.2, 0) is 20.2 Å². The van der Waals surface area contributed by atoms with E-state index in [-0.39, 0.29) is 0 Å². The number of hydrogen-bond acceptors (Lipinski definition) is 5. The zero-order valence-corrected chi connectivity index (χ0v) is 12.7. The molecule has 13 nitrogen and oxygen atoms in total. The van der Waals surface area contributed by atoms with Crippen molar-refractivity contribution in [3.63, 3.8) is 0 Å². The smallest absolute Gasteiger partial charge is 0.366 e. The summed E-state index contributed by atoms with van der Waals surface area (Å²) in [5, 5.41) is 6.04. The Hall–Kier alpha value is -0.420. The molecule has 0 amide bonds. The Morgan fingerprint density at radius 3 is 1.57 bits per heavy atom. The zero-order chi connectivity index (χ0) is 17.1. The Kier molecular flexibility index (Phi) is 6.64. The molecule has 0 saturated carbocycles. The predicted molar refractivity (Wildman–Crippen MR) is 65.5 cm³/mol. The van der Waals surface area contributed by atoms with Crippen molar-refractivity contribution in [1.82, 2.24) is 9.55 Å². The van der Waals surface area contributed by atoms with E-state index in [9.17, 15) is 14.2 Å². The average molecular weight is 370 g/mol. The van der Waals surface area contributed by atoms with Crippen molar-refractivity contribution in [3.8, 4) is 0 Å². The molecule has 0 saturated heterocycles. The third kappa shape index (κ3) is 6.92. The maximum Gasteiger partial charge on any atom is 0.466 e. The zero-order valence-electron chi connectivity index (χ0n) is 9.98. The molecule has 1 aromatic rings. The summed E-state index contributed by atoms with van der Waals surface area (Å²) < 4.78 is 31.7. The highest BCUT2D eigenvalue weighted by molar-refractivity contribution is 7.72. The lowest BCUT2D eigenvalue weighted by atomic mass is 10.6. The van der Waals surface area contributed by atoms with E-state index < -0.39 is 34.6 Å².